The molecule has 0 spiro atoms. The molecular weight excluding hydrogens is 168 g/mol. The number of anilines is 1. The molecule has 2 aromatic rings. The van der Waals surface area contributed by atoms with E-state index in [1.54, 1.807) is 11.7 Å². The second kappa shape index (κ2) is 2.91. The topological polar surface area (TPSA) is 80.8 Å². The van der Waals surface area contributed by atoms with Gasteiger partial charge in [-0.25, -0.2) is 20.1 Å². The van der Waals surface area contributed by atoms with E-state index in [-0.39, 0.29) is 0 Å². The van der Waals surface area contributed by atoms with E-state index in [0.29, 0.717) is 5.82 Å². The largest absolute Gasteiger partial charge is 0.383 e. The maximum atomic E-state index is 5.65. The second-order valence-corrected chi connectivity index (χ2v) is 2.54. The summed E-state index contributed by atoms with van der Waals surface area (Å²) < 4.78 is 1.73. The summed E-state index contributed by atoms with van der Waals surface area (Å²) in [6, 6.07) is 1.86. The molecule has 6 heteroatoms. The molecule has 0 aliphatic heterocycles. The number of hydrogen-bond donors (Lipinski definition) is 3. The Morgan fingerprint density at radius 2 is 2.31 bits per heavy atom. The summed E-state index contributed by atoms with van der Waals surface area (Å²) in [5.74, 6) is 0.488. The molecule has 0 atom stereocenters. The lowest BCUT2D eigenvalue weighted by molar-refractivity contribution is 0.776. The van der Waals surface area contributed by atoms with Gasteiger partial charge in [0.2, 0.25) is 0 Å². The zero-order valence-electron chi connectivity index (χ0n) is 7.15. The monoisotopic (exact) mass is 178 g/mol. The summed E-state index contributed by atoms with van der Waals surface area (Å²) in [4.78, 5) is 7.98. The zero-order valence-corrected chi connectivity index (χ0v) is 7.15. The van der Waals surface area contributed by atoms with Crippen molar-refractivity contribution in [2.75, 3.05) is 18.3 Å². The molecule has 4 N–H and O–H groups in total. The fourth-order valence-electron chi connectivity index (χ4n) is 1.18. The minimum Gasteiger partial charge on any atom is -0.383 e. The third-order valence-corrected chi connectivity index (χ3v) is 1.74. The molecule has 0 amide bonds. The summed E-state index contributed by atoms with van der Waals surface area (Å²) in [6.45, 7) is 0. The number of aromatic nitrogens is 3. The first kappa shape index (κ1) is 7.81. The number of nitrogens with two attached hydrogens (primary N) is 1. The molecule has 2 rings (SSSR count). The van der Waals surface area contributed by atoms with Crippen LogP contribution in [0.4, 0.5) is 5.82 Å². The van der Waals surface area contributed by atoms with E-state index >= 15 is 0 Å². The molecule has 0 fully saturated rings. The molecule has 6 nitrogen and oxygen atoms in total. The second-order valence-electron chi connectivity index (χ2n) is 2.54. The van der Waals surface area contributed by atoms with Gasteiger partial charge in [-0.05, 0) is 6.07 Å². The van der Waals surface area contributed by atoms with Crippen LogP contribution in [0.25, 0.3) is 11.0 Å². The van der Waals surface area contributed by atoms with Crippen molar-refractivity contribution in [1.82, 2.24) is 20.1 Å². The van der Waals surface area contributed by atoms with Gasteiger partial charge in [0.25, 0.3) is 0 Å². The Morgan fingerprint density at radius 1 is 1.46 bits per heavy atom. The summed E-state index contributed by atoms with van der Waals surface area (Å²) >= 11 is 0. The van der Waals surface area contributed by atoms with Gasteiger partial charge in [-0.2, -0.15) is 0 Å². The van der Waals surface area contributed by atoms with Crippen molar-refractivity contribution in [3.05, 3.63) is 18.6 Å². The molecule has 0 unspecified atom stereocenters. The zero-order chi connectivity index (χ0) is 9.26. The highest BCUT2D eigenvalue weighted by atomic mass is 15.6. The van der Waals surface area contributed by atoms with Crippen LogP contribution in [0.15, 0.2) is 18.6 Å². The molecule has 0 saturated carbocycles. The number of nitrogens with one attached hydrogen (secondary N) is 2. The molecule has 0 aliphatic rings. The van der Waals surface area contributed by atoms with Gasteiger partial charge in [0.15, 0.2) is 5.65 Å². The van der Waals surface area contributed by atoms with E-state index in [1.165, 1.54) is 6.33 Å². The number of hydrazine groups is 1. The standard InChI is InChI=1S/C7H10N6/c1-9-12-13-3-2-5-6(8)10-4-11-7(5)13/h2-4,9,12H,1H3,(H2,8,10,11). The smallest absolute Gasteiger partial charge is 0.164 e. The molecule has 2 aromatic heterocycles. The van der Waals surface area contributed by atoms with Gasteiger partial charge in [0, 0.05) is 13.2 Å². The molecule has 0 bridgehead atoms. The first-order valence-electron chi connectivity index (χ1n) is 3.83. The van der Waals surface area contributed by atoms with E-state index < -0.39 is 0 Å². The fourth-order valence-corrected chi connectivity index (χ4v) is 1.18. The summed E-state index contributed by atoms with van der Waals surface area (Å²) in [5, 5.41) is 0.838. The Hall–Kier alpha value is -1.82. The maximum Gasteiger partial charge on any atom is 0.164 e. The molecule has 68 valence electrons. The van der Waals surface area contributed by atoms with Crippen LogP contribution in [0, 0.1) is 0 Å². The average molecular weight is 178 g/mol. The van der Waals surface area contributed by atoms with Crippen LogP contribution in [0.1, 0.15) is 0 Å². The Bertz CT molecular complexity index is 420. The Labute approximate surface area is 74.7 Å². The number of nitrogens with zero attached hydrogens (tertiary/aromatic N) is 3. The number of hydrogen-bond acceptors (Lipinski definition) is 5. The third-order valence-electron chi connectivity index (χ3n) is 1.74. The van der Waals surface area contributed by atoms with Gasteiger partial charge >= 0.3 is 0 Å². The average Bonchev–Trinajstić information content (AvgIpc) is 2.51. The summed E-state index contributed by atoms with van der Waals surface area (Å²) in [7, 11) is 1.77. The lowest BCUT2D eigenvalue weighted by atomic mass is 10.4. The van der Waals surface area contributed by atoms with Gasteiger partial charge in [-0.1, -0.05) is 0 Å². The molecule has 13 heavy (non-hydrogen) atoms. The third kappa shape index (κ3) is 1.17. The van der Waals surface area contributed by atoms with Crippen molar-refractivity contribution in [3.63, 3.8) is 0 Å². The fraction of sp³-hybridized carbons (Fsp3) is 0.143. The molecule has 2 heterocycles. The minimum absolute atomic E-state index is 0.488. The number of fused-ring (bicyclic) bond motifs is 1. The van der Waals surface area contributed by atoms with Crippen LogP contribution in [-0.2, 0) is 0 Å². The SMILES string of the molecule is CNNn1ccc2c(N)ncnc21. The minimum atomic E-state index is 0.488. The Balaban J connectivity index is 2.61. The molecule has 0 aliphatic carbocycles. The van der Waals surface area contributed by atoms with Crippen LogP contribution in [0.3, 0.4) is 0 Å². The Kier molecular flexibility index (Phi) is 1.75. The van der Waals surface area contributed by atoms with Crippen molar-refractivity contribution in [2.45, 2.75) is 0 Å². The Morgan fingerprint density at radius 3 is 3.08 bits per heavy atom. The first-order chi connectivity index (χ1) is 6.33. The predicted octanol–water partition coefficient (Wildman–Crippen LogP) is -0.309. The van der Waals surface area contributed by atoms with Gasteiger partial charge in [0.1, 0.15) is 12.1 Å². The lowest BCUT2D eigenvalue weighted by Gasteiger charge is -2.05. The van der Waals surface area contributed by atoms with Crippen molar-refractivity contribution >= 4 is 16.9 Å². The van der Waals surface area contributed by atoms with Crippen LogP contribution in [0.2, 0.25) is 0 Å². The summed E-state index contributed by atoms with van der Waals surface area (Å²) in [5.41, 5.74) is 12.1. The van der Waals surface area contributed by atoms with Crippen molar-refractivity contribution < 1.29 is 0 Å². The molecule has 0 saturated heterocycles. The highest BCUT2D eigenvalue weighted by Crippen LogP contribution is 2.15. The quantitative estimate of drug-likeness (QED) is 0.550. The van der Waals surface area contributed by atoms with Crippen LogP contribution < -0.4 is 16.7 Å². The van der Waals surface area contributed by atoms with Gasteiger partial charge in [-0.3, -0.25) is 5.53 Å². The number of nitrogen functional groups attached to an aromatic ring is 1. The molecule has 0 radical (unpaired) electrons. The van der Waals surface area contributed by atoms with Crippen LogP contribution in [0.5, 0.6) is 0 Å². The first-order valence-corrected chi connectivity index (χ1v) is 3.83. The highest BCUT2D eigenvalue weighted by Gasteiger charge is 2.03. The maximum absolute atomic E-state index is 5.65. The van der Waals surface area contributed by atoms with E-state index in [2.05, 4.69) is 20.9 Å². The van der Waals surface area contributed by atoms with Crippen molar-refractivity contribution in [3.8, 4) is 0 Å². The van der Waals surface area contributed by atoms with Crippen molar-refractivity contribution in [2.24, 2.45) is 0 Å². The molecular formula is C7H10N6. The van der Waals surface area contributed by atoms with Gasteiger partial charge in [0.05, 0.1) is 5.39 Å². The lowest BCUT2D eigenvalue weighted by Crippen LogP contribution is -2.25. The van der Waals surface area contributed by atoms with E-state index in [0.717, 1.165) is 11.0 Å². The van der Waals surface area contributed by atoms with Crippen molar-refractivity contribution in [1.29, 1.82) is 0 Å². The number of rotatable bonds is 2. The van der Waals surface area contributed by atoms with Crippen LogP contribution in [-0.4, -0.2) is 21.7 Å². The normalized spacial score (nSPS) is 10.5. The van der Waals surface area contributed by atoms with Crippen LogP contribution >= 0.6 is 0 Å². The predicted molar refractivity (Wildman–Crippen MR) is 50.4 cm³/mol. The van der Waals surface area contributed by atoms with E-state index in [9.17, 15) is 0 Å². The van der Waals surface area contributed by atoms with Gasteiger partial charge in [-0.15, -0.1) is 0 Å². The van der Waals surface area contributed by atoms with E-state index in [4.69, 9.17) is 5.73 Å². The van der Waals surface area contributed by atoms with Gasteiger partial charge < -0.3 is 5.73 Å². The van der Waals surface area contributed by atoms with E-state index in [1.807, 2.05) is 12.3 Å². The molecule has 0 aromatic carbocycles. The summed E-state index contributed by atoms with van der Waals surface area (Å²) in [6.07, 6.45) is 3.26. The highest BCUT2D eigenvalue weighted by molar-refractivity contribution is 5.86.